The highest BCUT2D eigenvalue weighted by atomic mass is 16.6. The molecule has 4 aliphatic carbocycles. The molecular weight excluding hydrogens is 432 g/mol. The summed E-state index contributed by atoms with van der Waals surface area (Å²) in [6.07, 6.45) is 8.23. The molecule has 6 rings (SSSR count). The van der Waals surface area contributed by atoms with Gasteiger partial charge in [0, 0.05) is 6.42 Å². The number of ketones is 1. The van der Waals surface area contributed by atoms with Crippen LogP contribution in [0.4, 0.5) is 0 Å². The Morgan fingerprint density at radius 2 is 1.94 bits per heavy atom. The Hall–Kier alpha value is -1.50. The fourth-order valence-corrected chi connectivity index (χ4v) is 9.69. The van der Waals surface area contributed by atoms with Gasteiger partial charge < -0.3 is 19.7 Å². The lowest BCUT2D eigenvalue weighted by Gasteiger charge is -2.58. The molecule has 6 nitrogen and oxygen atoms in total. The summed E-state index contributed by atoms with van der Waals surface area (Å²) in [6.45, 7) is 8.41. The van der Waals surface area contributed by atoms with Crippen molar-refractivity contribution < 1.29 is 29.3 Å². The van der Waals surface area contributed by atoms with Crippen LogP contribution in [0.25, 0.3) is 0 Å². The molecule has 6 heteroatoms. The molecule has 2 aliphatic heterocycles. The van der Waals surface area contributed by atoms with Crippen molar-refractivity contribution in [3.05, 3.63) is 23.3 Å². The van der Waals surface area contributed by atoms with Crippen molar-refractivity contribution in [2.45, 2.75) is 90.1 Å². The molecule has 11 atom stereocenters. The normalized spacial score (nSPS) is 52.4. The minimum atomic E-state index is -0.719. The van der Waals surface area contributed by atoms with E-state index in [2.05, 4.69) is 20.8 Å². The summed E-state index contributed by atoms with van der Waals surface area (Å²) in [7, 11) is 0. The number of ether oxygens (including phenoxy) is 2. The third-order valence-electron chi connectivity index (χ3n) is 11.6. The van der Waals surface area contributed by atoms with Gasteiger partial charge in [-0.3, -0.25) is 4.79 Å². The van der Waals surface area contributed by atoms with E-state index in [9.17, 15) is 19.8 Å². The Labute approximate surface area is 201 Å². The van der Waals surface area contributed by atoms with Crippen LogP contribution in [0, 0.1) is 40.4 Å². The molecule has 2 unspecified atom stereocenters. The molecule has 0 aromatic carbocycles. The first-order valence-corrected chi connectivity index (χ1v) is 13.2. The Kier molecular flexibility index (Phi) is 4.90. The third kappa shape index (κ3) is 2.63. The van der Waals surface area contributed by atoms with E-state index in [1.165, 1.54) is 0 Å². The van der Waals surface area contributed by atoms with Gasteiger partial charge in [-0.2, -0.15) is 0 Å². The molecule has 4 fully saturated rings. The number of aliphatic hydroxyl groups excluding tert-OH is 2. The summed E-state index contributed by atoms with van der Waals surface area (Å²) in [5.41, 5.74) is 0.129. The maximum absolute atomic E-state index is 13.3. The Morgan fingerprint density at radius 3 is 2.65 bits per heavy atom. The van der Waals surface area contributed by atoms with Crippen LogP contribution in [-0.2, 0) is 19.1 Å². The Balaban J connectivity index is 1.27. The number of hydrogen-bond acceptors (Lipinski definition) is 6. The zero-order valence-corrected chi connectivity index (χ0v) is 20.8. The van der Waals surface area contributed by atoms with Crippen LogP contribution in [0.15, 0.2) is 23.3 Å². The summed E-state index contributed by atoms with van der Waals surface area (Å²) >= 11 is 0. The van der Waals surface area contributed by atoms with Gasteiger partial charge in [-0.15, -0.1) is 0 Å². The number of hydrogen-bond donors (Lipinski definition) is 2. The molecule has 186 valence electrons. The molecule has 2 N–H and O–H groups in total. The molecule has 2 heterocycles. The number of carbonyl (C=O) groups excluding carboxylic acids is 2. The second-order valence-corrected chi connectivity index (χ2v) is 12.5. The predicted molar refractivity (Wildman–Crippen MR) is 124 cm³/mol. The predicted octanol–water partition coefficient (Wildman–Crippen LogP) is 3.35. The number of rotatable bonds is 3. The van der Waals surface area contributed by atoms with E-state index >= 15 is 0 Å². The van der Waals surface area contributed by atoms with Crippen molar-refractivity contribution in [3.8, 4) is 0 Å². The van der Waals surface area contributed by atoms with Gasteiger partial charge in [0.25, 0.3) is 0 Å². The molecule has 3 saturated carbocycles. The van der Waals surface area contributed by atoms with Crippen LogP contribution in [0.3, 0.4) is 0 Å². The van der Waals surface area contributed by atoms with Crippen molar-refractivity contribution in [2.24, 2.45) is 40.4 Å². The highest BCUT2D eigenvalue weighted by Gasteiger charge is 2.80. The Bertz CT molecular complexity index is 999. The van der Waals surface area contributed by atoms with E-state index < -0.39 is 17.1 Å². The first-order chi connectivity index (χ1) is 16.1. The summed E-state index contributed by atoms with van der Waals surface area (Å²) < 4.78 is 12.1. The van der Waals surface area contributed by atoms with Crippen molar-refractivity contribution in [3.63, 3.8) is 0 Å². The lowest BCUT2D eigenvalue weighted by molar-refractivity contribution is -0.155. The molecule has 1 saturated heterocycles. The number of esters is 1. The van der Waals surface area contributed by atoms with Crippen LogP contribution >= 0.6 is 0 Å². The average Bonchev–Trinajstić information content (AvgIpc) is 3.43. The van der Waals surface area contributed by atoms with Gasteiger partial charge in [0.2, 0.25) is 0 Å². The zero-order valence-electron chi connectivity index (χ0n) is 20.8. The standard InChI is InChI=1S/C28H38O6/c1-14-11-21(33-25(32)17(14)13-29)15(2)18-5-6-19-16-12-24-28(34-24)23(31)8-7-22(30)27(28,4)20(16)9-10-26(18,19)3/h7-8,15-16,18-21,23-24,29,31H,5-6,9-13H2,1-4H3/t15?,16-,18+,19-,20-,21?,23-,24+,26+,27-,28+/m0/s1. The molecule has 1 spiro atoms. The van der Waals surface area contributed by atoms with Gasteiger partial charge >= 0.3 is 5.97 Å². The van der Waals surface area contributed by atoms with Gasteiger partial charge in [0.1, 0.15) is 17.8 Å². The second kappa shape index (κ2) is 7.27. The maximum Gasteiger partial charge on any atom is 0.336 e. The molecule has 0 bridgehead atoms. The molecule has 0 aromatic rings. The highest BCUT2D eigenvalue weighted by molar-refractivity contribution is 5.98. The highest BCUT2D eigenvalue weighted by Crippen LogP contribution is 2.73. The first-order valence-electron chi connectivity index (χ1n) is 13.2. The molecule has 6 aliphatic rings. The van der Waals surface area contributed by atoms with Crippen LogP contribution in [0.5, 0.6) is 0 Å². The SMILES string of the molecule is CC1=C(CO)C(=O)OC(C(C)[C@H]2CC[C@H]3[C@@H]4C[C@H]5O[C@]56[C@@H](O)C=CC(=O)[C@]6(C)[C@H]4CC[C@]23C)C1. The Morgan fingerprint density at radius 1 is 1.18 bits per heavy atom. The smallest absolute Gasteiger partial charge is 0.336 e. The molecule has 0 radical (unpaired) electrons. The maximum atomic E-state index is 13.3. The fraction of sp³-hybridized carbons (Fsp3) is 0.786. The van der Waals surface area contributed by atoms with E-state index in [0.717, 1.165) is 37.7 Å². The molecule has 0 aromatic heterocycles. The molecular formula is C28H38O6. The minimum Gasteiger partial charge on any atom is -0.458 e. The molecule has 0 amide bonds. The number of aliphatic hydroxyl groups is 2. The second-order valence-electron chi connectivity index (χ2n) is 12.5. The van der Waals surface area contributed by atoms with Crippen LogP contribution in [0.2, 0.25) is 0 Å². The number of epoxide rings is 1. The first kappa shape index (κ1) is 22.9. The number of cyclic esters (lactones) is 1. The van der Waals surface area contributed by atoms with Crippen molar-refractivity contribution >= 4 is 11.8 Å². The number of carbonyl (C=O) groups is 2. The summed E-state index contributed by atoms with van der Waals surface area (Å²) in [5.74, 6) is 1.61. The van der Waals surface area contributed by atoms with Gasteiger partial charge in [0.15, 0.2) is 5.78 Å². The van der Waals surface area contributed by atoms with E-state index in [1.807, 2.05) is 6.92 Å². The zero-order chi connectivity index (χ0) is 24.2. The lowest BCUT2D eigenvalue weighted by Crippen LogP contribution is -2.63. The number of allylic oxidation sites excluding steroid dienone is 1. The quantitative estimate of drug-likeness (QED) is 0.485. The minimum absolute atomic E-state index is 0.0366. The van der Waals surface area contributed by atoms with Crippen molar-refractivity contribution in [1.82, 2.24) is 0 Å². The fourth-order valence-electron chi connectivity index (χ4n) is 9.69. The summed E-state index contributed by atoms with van der Waals surface area (Å²) in [4.78, 5) is 25.8. The van der Waals surface area contributed by atoms with E-state index in [4.69, 9.17) is 9.47 Å². The van der Waals surface area contributed by atoms with E-state index in [1.54, 1.807) is 12.2 Å². The van der Waals surface area contributed by atoms with Gasteiger partial charge in [-0.05, 0) is 93.1 Å². The average molecular weight is 471 g/mol. The summed E-state index contributed by atoms with van der Waals surface area (Å²) in [6, 6.07) is 0. The van der Waals surface area contributed by atoms with Crippen molar-refractivity contribution in [2.75, 3.05) is 6.61 Å². The van der Waals surface area contributed by atoms with Gasteiger partial charge in [-0.25, -0.2) is 4.79 Å². The van der Waals surface area contributed by atoms with Crippen molar-refractivity contribution in [1.29, 1.82) is 0 Å². The van der Waals surface area contributed by atoms with Crippen LogP contribution in [-0.4, -0.2) is 52.5 Å². The lowest BCUT2D eigenvalue weighted by atomic mass is 9.44. The monoisotopic (exact) mass is 470 g/mol. The van der Waals surface area contributed by atoms with Crippen LogP contribution < -0.4 is 0 Å². The van der Waals surface area contributed by atoms with E-state index in [-0.39, 0.29) is 47.8 Å². The third-order valence-corrected chi connectivity index (χ3v) is 11.6. The van der Waals surface area contributed by atoms with Gasteiger partial charge in [0.05, 0.1) is 23.7 Å². The molecule has 34 heavy (non-hydrogen) atoms. The van der Waals surface area contributed by atoms with Gasteiger partial charge in [-0.1, -0.05) is 19.4 Å². The topological polar surface area (TPSA) is 96.4 Å². The van der Waals surface area contributed by atoms with Crippen LogP contribution in [0.1, 0.15) is 66.2 Å². The number of fused-ring (bicyclic) bond motifs is 4. The largest absolute Gasteiger partial charge is 0.458 e. The van der Waals surface area contributed by atoms with E-state index in [0.29, 0.717) is 29.7 Å². The summed E-state index contributed by atoms with van der Waals surface area (Å²) in [5, 5.41) is 20.4.